The molecule has 2 aromatic rings. The van der Waals surface area contributed by atoms with Gasteiger partial charge in [0.1, 0.15) is 11.8 Å². The van der Waals surface area contributed by atoms with E-state index < -0.39 is 16.9 Å². The van der Waals surface area contributed by atoms with Gasteiger partial charge in [-0.3, -0.25) is 19.7 Å². The van der Waals surface area contributed by atoms with Crippen molar-refractivity contribution in [2.75, 3.05) is 12.4 Å². The molecule has 1 aromatic carbocycles. The van der Waals surface area contributed by atoms with Gasteiger partial charge in [0.15, 0.2) is 0 Å². The molecule has 1 aliphatic rings. The van der Waals surface area contributed by atoms with Crippen molar-refractivity contribution in [3.05, 3.63) is 56.0 Å². The van der Waals surface area contributed by atoms with Crippen molar-refractivity contribution in [3.8, 4) is 5.75 Å². The van der Waals surface area contributed by atoms with Crippen molar-refractivity contribution in [3.63, 3.8) is 0 Å². The average Bonchev–Trinajstić information content (AvgIpc) is 3.07. The third kappa shape index (κ3) is 3.28. The lowest BCUT2D eigenvalue weighted by Gasteiger charge is -2.16. The van der Waals surface area contributed by atoms with Gasteiger partial charge in [0.05, 0.1) is 23.4 Å². The van der Waals surface area contributed by atoms with Crippen LogP contribution in [-0.4, -0.2) is 27.7 Å². The average molecular weight is 358 g/mol. The van der Waals surface area contributed by atoms with E-state index in [0.29, 0.717) is 0 Å². The molecule has 3 rings (SSSR count). The fraction of sp³-hybridized carbons (Fsp3) is 0.353. The van der Waals surface area contributed by atoms with Gasteiger partial charge >= 0.3 is 0 Å². The summed E-state index contributed by atoms with van der Waals surface area (Å²) in [5, 5.41) is 17.8. The van der Waals surface area contributed by atoms with Crippen molar-refractivity contribution in [2.45, 2.75) is 32.2 Å². The minimum atomic E-state index is -0.877. The Kier molecular flexibility index (Phi) is 4.70. The molecule has 0 radical (unpaired) electrons. The minimum absolute atomic E-state index is 0.160. The van der Waals surface area contributed by atoms with E-state index in [1.54, 1.807) is 6.92 Å². The monoisotopic (exact) mass is 358 g/mol. The zero-order chi connectivity index (χ0) is 18.8. The van der Waals surface area contributed by atoms with Crippen LogP contribution >= 0.6 is 0 Å². The predicted molar refractivity (Wildman–Crippen MR) is 93.5 cm³/mol. The number of hydrogen-bond donors (Lipinski definition) is 1. The van der Waals surface area contributed by atoms with Crippen LogP contribution in [0.3, 0.4) is 0 Å². The number of methoxy groups -OCH3 is 1. The lowest BCUT2D eigenvalue weighted by atomic mass is 10.2. The zero-order valence-electron chi connectivity index (χ0n) is 14.4. The normalized spacial score (nSPS) is 13.8. The summed E-state index contributed by atoms with van der Waals surface area (Å²) < 4.78 is 6.27. The van der Waals surface area contributed by atoms with Gasteiger partial charge in [-0.15, -0.1) is 0 Å². The standard InChI is InChI=1S/C17H18N4O5/c1-10(20-16(22)8-11-4-3-5-13(11)19-20)17(23)18-14-9-12(21(24)25)6-7-15(14)26-2/h6-10H,3-5H2,1-2H3,(H,18,23). The van der Waals surface area contributed by atoms with Crippen LogP contribution in [-0.2, 0) is 17.6 Å². The van der Waals surface area contributed by atoms with Crippen LogP contribution in [0.2, 0.25) is 0 Å². The minimum Gasteiger partial charge on any atom is -0.495 e. The summed E-state index contributed by atoms with van der Waals surface area (Å²) >= 11 is 0. The fourth-order valence-corrected chi connectivity index (χ4v) is 2.95. The number of ether oxygens (including phenoxy) is 1. The number of anilines is 1. The molecule has 1 N–H and O–H groups in total. The number of rotatable bonds is 5. The topological polar surface area (TPSA) is 116 Å². The molecule has 1 heterocycles. The van der Waals surface area contributed by atoms with E-state index >= 15 is 0 Å². The number of fused-ring (bicyclic) bond motifs is 1. The van der Waals surface area contributed by atoms with Crippen LogP contribution in [0.5, 0.6) is 5.75 Å². The first-order valence-electron chi connectivity index (χ1n) is 8.15. The summed E-state index contributed by atoms with van der Waals surface area (Å²) in [6.07, 6.45) is 2.55. The summed E-state index contributed by atoms with van der Waals surface area (Å²) in [5.74, 6) is -0.234. The molecule has 1 unspecified atom stereocenters. The Morgan fingerprint density at radius 2 is 2.15 bits per heavy atom. The van der Waals surface area contributed by atoms with Gasteiger partial charge in [-0.2, -0.15) is 5.10 Å². The summed E-state index contributed by atoms with van der Waals surface area (Å²) in [6, 6.07) is 4.54. The highest BCUT2D eigenvalue weighted by Crippen LogP contribution is 2.29. The van der Waals surface area contributed by atoms with Gasteiger partial charge in [-0.1, -0.05) is 0 Å². The number of nitrogens with one attached hydrogen (secondary N) is 1. The molecule has 0 spiro atoms. The largest absolute Gasteiger partial charge is 0.495 e. The molecule has 0 saturated heterocycles. The molecule has 9 heteroatoms. The van der Waals surface area contributed by atoms with Gasteiger partial charge in [-0.05, 0) is 37.8 Å². The number of benzene rings is 1. The maximum absolute atomic E-state index is 12.6. The van der Waals surface area contributed by atoms with E-state index in [-0.39, 0.29) is 22.7 Å². The Morgan fingerprint density at radius 3 is 2.85 bits per heavy atom. The summed E-state index contributed by atoms with van der Waals surface area (Å²) in [6.45, 7) is 1.55. The van der Waals surface area contributed by atoms with Crippen LogP contribution in [0, 0.1) is 10.1 Å². The highest BCUT2D eigenvalue weighted by Gasteiger charge is 2.23. The molecule has 0 fully saturated rings. The van der Waals surface area contributed by atoms with E-state index in [0.717, 1.165) is 35.2 Å². The second-order valence-electron chi connectivity index (χ2n) is 6.06. The number of carbonyl (C=O) groups excluding carboxylic acids is 1. The quantitative estimate of drug-likeness (QED) is 0.644. The van der Waals surface area contributed by atoms with Gasteiger partial charge in [0.2, 0.25) is 5.91 Å². The highest BCUT2D eigenvalue weighted by molar-refractivity contribution is 5.95. The SMILES string of the molecule is COc1ccc([N+](=O)[O-])cc1NC(=O)C(C)n1nc2c(cc1=O)CCC2. The number of nitro groups is 1. The molecule has 0 bridgehead atoms. The summed E-state index contributed by atoms with van der Waals surface area (Å²) in [5.41, 5.74) is 1.39. The molecule has 1 atom stereocenters. The third-order valence-electron chi connectivity index (χ3n) is 4.38. The molecule has 136 valence electrons. The van der Waals surface area contributed by atoms with Crippen LogP contribution < -0.4 is 15.6 Å². The number of nitrogens with zero attached hydrogens (tertiary/aromatic N) is 3. The molecule has 1 aliphatic carbocycles. The van der Waals surface area contributed by atoms with Crippen molar-refractivity contribution in [1.82, 2.24) is 9.78 Å². The van der Waals surface area contributed by atoms with Crippen LogP contribution in [0.25, 0.3) is 0 Å². The number of amides is 1. The van der Waals surface area contributed by atoms with Crippen molar-refractivity contribution >= 4 is 17.3 Å². The first kappa shape index (κ1) is 17.6. The molecule has 0 saturated carbocycles. The Labute approximate surface area is 148 Å². The van der Waals surface area contributed by atoms with Gasteiger partial charge in [0.25, 0.3) is 11.2 Å². The second-order valence-corrected chi connectivity index (χ2v) is 6.06. The molecule has 1 amide bonds. The van der Waals surface area contributed by atoms with Crippen LogP contribution in [0.4, 0.5) is 11.4 Å². The summed E-state index contributed by atoms with van der Waals surface area (Å²) in [4.78, 5) is 35.2. The van der Waals surface area contributed by atoms with Crippen molar-refractivity contribution in [1.29, 1.82) is 0 Å². The van der Waals surface area contributed by atoms with E-state index in [4.69, 9.17) is 4.74 Å². The number of nitro benzene ring substituents is 1. The molecule has 0 aliphatic heterocycles. The molecular formula is C17H18N4O5. The maximum Gasteiger partial charge on any atom is 0.271 e. The molecular weight excluding hydrogens is 340 g/mol. The molecule has 9 nitrogen and oxygen atoms in total. The lowest BCUT2D eigenvalue weighted by Crippen LogP contribution is -2.34. The maximum atomic E-state index is 12.6. The predicted octanol–water partition coefficient (Wildman–Crippen LogP) is 1.85. The highest BCUT2D eigenvalue weighted by atomic mass is 16.6. The lowest BCUT2D eigenvalue weighted by molar-refractivity contribution is -0.384. The van der Waals surface area contributed by atoms with Gasteiger partial charge in [0, 0.05) is 18.2 Å². The Hall–Kier alpha value is -3.23. The Morgan fingerprint density at radius 1 is 1.38 bits per heavy atom. The van der Waals surface area contributed by atoms with Crippen molar-refractivity contribution in [2.24, 2.45) is 0 Å². The van der Waals surface area contributed by atoms with E-state index in [2.05, 4.69) is 10.4 Å². The number of non-ortho nitro benzene ring substituents is 1. The number of aryl methyl sites for hydroxylation is 2. The van der Waals surface area contributed by atoms with Crippen molar-refractivity contribution < 1.29 is 14.5 Å². The van der Waals surface area contributed by atoms with E-state index in [1.165, 1.54) is 31.4 Å². The van der Waals surface area contributed by atoms with Gasteiger partial charge in [-0.25, -0.2) is 4.68 Å². The Bertz CT molecular complexity index is 937. The number of carbonyl (C=O) groups is 1. The molecule has 26 heavy (non-hydrogen) atoms. The van der Waals surface area contributed by atoms with E-state index in [9.17, 15) is 19.7 Å². The van der Waals surface area contributed by atoms with Gasteiger partial charge < -0.3 is 10.1 Å². The summed E-state index contributed by atoms with van der Waals surface area (Å²) in [7, 11) is 1.40. The first-order valence-corrected chi connectivity index (χ1v) is 8.15. The zero-order valence-corrected chi connectivity index (χ0v) is 14.4. The Balaban J connectivity index is 1.88. The fourth-order valence-electron chi connectivity index (χ4n) is 2.95. The molecule has 1 aromatic heterocycles. The number of aromatic nitrogens is 2. The van der Waals surface area contributed by atoms with Crippen LogP contribution in [0.15, 0.2) is 29.1 Å². The number of hydrogen-bond acceptors (Lipinski definition) is 6. The smallest absolute Gasteiger partial charge is 0.271 e. The second kappa shape index (κ2) is 6.95. The van der Waals surface area contributed by atoms with E-state index in [1.807, 2.05) is 0 Å². The third-order valence-corrected chi connectivity index (χ3v) is 4.38. The first-order chi connectivity index (χ1) is 12.4. The van der Waals surface area contributed by atoms with Crippen LogP contribution in [0.1, 0.15) is 30.6 Å².